The monoisotopic (exact) mass is 214 g/mol. The molecule has 3 N–H and O–H groups in total. The molecule has 0 saturated heterocycles. The molecule has 1 atom stereocenters. The van der Waals surface area contributed by atoms with Gasteiger partial charge in [-0.05, 0) is 18.8 Å². The Bertz CT molecular complexity index is 193. The lowest BCUT2D eigenvalue weighted by Crippen LogP contribution is -2.41. The Morgan fingerprint density at radius 3 is 2.80 bits per heavy atom. The van der Waals surface area contributed by atoms with E-state index in [1.807, 2.05) is 13.8 Å². The third-order valence-corrected chi connectivity index (χ3v) is 1.92. The van der Waals surface area contributed by atoms with Gasteiger partial charge >= 0.3 is 0 Å². The Kier molecular flexibility index (Phi) is 7.72. The zero-order valence-electron chi connectivity index (χ0n) is 9.66. The van der Waals surface area contributed by atoms with Crippen LogP contribution in [0.15, 0.2) is 12.8 Å². The van der Waals surface area contributed by atoms with Crippen LogP contribution in [0.1, 0.15) is 26.7 Å². The molecule has 1 amide bonds. The Labute approximate surface area is 91.9 Å². The summed E-state index contributed by atoms with van der Waals surface area (Å²) in [6, 6.07) is -0.398. The first-order chi connectivity index (χ1) is 7.07. The zero-order chi connectivity index (χ0) is 11.7. The van der Waals surface area contributed by atoms with Crippen LogP contribution in [0.25, 0.3) is 0 Å². The van der Waals surface area contributed by atoms with Crippen LogP contribution in [0.2, 0.25) is 0 Å². The van der Waals surface area contributed by atoms with Crippen molar-refractivity contribution in [2.24, 2.45) is 11.7 Å². The van der Waals surface area contributed by atoms with Crippen LogP contribution < -0.4 is 11.1 Å². The summed E-state index contributed by atoms with van der Waals surface area (Å²) in [6.45, 7) is 8.69. The highest BCUT2D eigenvalue weighted by atomic mass is 16.5. The van der Waals surface area contributed by atoms with Crippen LogP contribution in [-0.4, -0.2) is 25.1 Å². The first kappa shape index (κ1) is 14.0. The minimum absolute atomic E-state index is 0.0812. The van der Waals surface area contributed by atoms with Crippen LogP contribution in [0, 0.1) is 5.92 Å². The van der Waals surface area contributed by atoms with Gasteiger partial charge in [-0.25, -0.2) is 0 Å². The summed E-state index contributed by atoms with van der Waals surface area (Å²) in [6.07, 6.45) is 2.88. The minimum Gasteiger partial charge on any atom is -0.502 e. The predicted molar refractivity (Wildman–Crippen MR) is 61.2 cm³/mol. The Morgan fingerprint density at radius 1 is 1.60 bits per heavy atom. The van der Waals surface area contributed by atoms with E-state index in [2.05, 4.69) is 11.9 Å². The van der Waals surface area contributed by atoms with Gasteiger partial charge in [0.2, 0.25) is 5.91 Å². The standard InChI is InChI=1S/C11H22N2O2/c1-4-15-7-5-6-13-11(14)10(12)8-9(2)3/h4,9-10H,1,5-8,12H2,2-3H3,(H,13,14). The second-order valence-corrected chi connectivity index (χ2v) is 3.92. The van der Waals surface area contributed by atoms with E-state index in [0.29, 0.717) is 19.1 Å². The second kappa shape index (κ2) is 8.29. The molecule has 0 fully saturated rings. The van der Waals surface area contributed by atoms with Gasteiger partial charge in [-0.3, -0.25) is 4.79 Å². The molecule has 0 heterocycles. The summed E-state index contributed by atoms with van der Waals surface area (Å²) >= 11 is 0. The molecular formula is C11H22N2O2. The maximum Gasteiger partial charge on any atom is 0.236 e. The van der Waals surface area contributed by atoms with Crippen molar-refractivity contribution in [2.75, 3.05) is 13.2 Å². The molecule has 4 heteroatoms. The van der Waals surface area contributed by atoms with Gasteiger partial charge in [0.25, 0.3) is 0 Å². The Morgan fingerprint density at radius 2 is 2.27 bits per heavy atom. The molecule has 0 radical (unpaired) electrons. The highest BCUT2D eigenvalue weighted by Crippen LogP contribution is 2.02. The third kappa shape index (κ3) is 8.00. The van der Waals surface area contributed by atoms with Crippen LogP contribution >= 0.6 is 0 Å². The number of nitrogens with one attached hydrogen (secondary N) is 1. The topological polar surface area (TPSA) is 64.3 Å². The van der Waals surface area contributed by atoms with Crippen molar-refractivity contribution in [3.05, 3.63) is 12.8 Å². The number of amides is 1. The molecule has 0 aliphatic rings. The van der Waals surface area contributed by atoms with E-state index < -0.39 is 6.04 Å². The van der Waals surface area contributed by atoms with Crippen LogP contribution in [0.5, 0.6) is 0 Å². The van der Waals surface area contributed by atoms with Gasteiger partial charge in [-0.15, -0.1) is 0 Å². The quantitative estimate of drug-likeness (QED) is 0.468. The number of ether oxygens (including phenoxy) is 1. The van der Waals surface area contributed by atoms with Crippen LogP contribution in [0.3, 0.4) is 0 Å². The SMILES string of the molecule is C=COCCCNC(=O)C(N)CC(C)C. The van der Waals surface area contributed by atoms with Crippen molar-refractivity contribution in [2.45, 2.75) is 32.7 Å². The molecule has 0 aromatic carbocycles. The first-order valence-electron chi connectivity index (χ1n) is 5.33. The lowest BCUT2D eigenvalue weighted by atomic mass is 10.0. The lowest BCUT2D eigenvalue weighted by molar-refractivity contribution is -0.122. The summed E-state index contributed by atoms with van der Waals surface area (Å²) in [5.74, 6) is 0.358. The smallest absolute Gasteiger partial charge is 0.236 e. The summed E-state index contributed by atoms with van der Waals surface area (Å²) in [5.41, 5.74) is 5.70. The normalized spacial score (nSPS) is 12.3. The molecule has 0 spiro atoms. The van der Waals surface area contributed by atoms with Crippen molar-refractivity contribution < 1.29 is 9.53 Å². The number of carbonyl (C=O) groups is 1. The molecule has 0 rings (SSSR count). The first-order valence-corrected chi connectivity index (χ1v) is 5.33. The van der Waals surface area contributed by atoms with Crippen molar-refractivity contribution in [1.82, 2.24) is 5.32 Å². The van der Waals surface area contributed by atoms with E-state index in [0.717, 1.165) is 12.8 Å². The molecule has 0 bridgehead atoms. The van der Waals surface area contributed by atoms with Gasteiger partial charge in [0, 0.05) is 6.54 Å². The average molecular weight is 214 g/mol. The van der Waals surface area contributed by atoms with Gasteiger partial charge in [0.1, 0.15) is 0 Å². The summed E-state index contributed by atoms with van der Waals surface area (Å²) in [4.78, 5) is 11.4. The average Bonchev–Trinajstić information content (AvgIpc) is 2.16. The maximum absolute atomic E-state index is 11.4. The maximum atomic E-state index is 11.4. The van der Waals surface area contributed by atoms with Crippen LogP contribution in [0.4, 0.5) is 0 Å². The zero-order valence-corrected chi connectivity index (χ0v) is 9.66. The second-order valence-electron chi connectivity index (χ2n) is 3.92. The predicted octanol–water partition coefficient (Wildman–Crippen LogP) is 1.03. The van der Waals surface area contributed by atoms with Gasteiger partial charge in [0.15, 0.2) is 0 Å². The van der Waals surface area contributed by atoms with Crippen molar-refractivity contribution in [1.29, 1.82) is 0 Å². The van der Waals surface area contributed by atoms with Crippen LogP contribution in [-0.2, 0) is 9.53 Å². The third-order valence-electron chi connectivity index (χ3n) is 1.92. The Hall–Kier alpha value is -1.03. The van der Waals surface area contributed by atoms with Gasteiger partial charge in [0.05, 0.1) is 18.9 Å². The highest BCUT2D eigenvalue weighted by molar-refractivity contribution is 5.81. The Balaban J connectivity index is 3.51. The van der Waals surface area contributed by atoms with E-state index in [1.54, 1.807) is 0 Å². The van der Waals surface area contributed by atoms with E-state index in [-0.39, 0.29) is 5.91 Å². The molecule has 88 valence electrons. The molecular weight excluding hydrogens is 192 g/mol. The molecule has 0 aliphatic heterocycles. The number of nitrogens with two attached hydrogens (primary N) is 1. The fourth-order valence-corrected chi connectivity index (χ4v) is 1.20. The number of rotatable bonds is 8. The van der Waals surface area contributed by atoms with Gasteiger partial charge in [-0.1, -0.05) is 20.4 Å². The van der Waals surface area contributed by atoms with Crippen molar-refractivity contribution >= 4 is 5.91 Å². The van der Waals surface area contributed by atoms with E-state index in [1.165, 1.54) is 6.26 Å². The molecule has 0 aliphatic carbocycles. The summed E-state index contributed by atoms with van der Waals surface area (Å²) < 4.78 is 4.92. The number of carbonyl (C=O) groups excluding carboxylic acids is 1. The number of hydrogen-bond acceptors (Lipinski definition) is 3. The van der Waals surface area contributed by atoms with Crippen molar-refractivity contribution in [3.8, 4) is 0 Å². The van der Waals surface area contributed by atoms with Gasteiger partial charge < -0.3 is 15.8 Å². The molecule has 15 heavy (non-hydrogen) atoms. The number of hydrogen-bond donors (Lipinski definition) is 2. The molecule has 0 saturated carbocycles. The lowest BCUT2D eigenvalue weighted by Gasteiger charge is -2.13. The van der Waals surface area contributed by atoms with Crippen molar-refractivity contribution in [3.63, 3.8) is 0 Å². The molecule has 0 aromatic rings. The molecule has 1 unspecified atom stereocenters. The molecule has 4 nitrogen and oxygen atoms in total. The highest BCUT2D eigenvalue weighted by Gasteiger charge is 2.13. The summed E-state index contributed by atoms with van der Waals surface area (Å²) in [7, 11) is 0. The summed E-state index contributed by atoms with van der Waals surface area (Å²) in [5, 5.41) is 2.77. The largest absolute Gasteiger partial charge is 0.502 e. The van der Waals surface area contributed by atoms with E-state index in [4.69, 9.17) is 10.5 Å². The van der Waals surface area contributed by atoms with E-state index >= 15 is 0 Å². The molecule has 0 aromatic heterocycles. The van der Waals surface area contributed by atoms with E-state index in [9.17, 15) is 4.79 Å². The van der Waals surface area contributed by atoms with Gasteiger partial charge in [-0.2, -0.15) is 0 Å². The fraction of sp³-hybridized carbons (Fsp3) is 0.727. The minimum atomic E-state index is -0.398. The fourth-order valence-electron chi connectivity index (χ4n) is 1.20.